The van der Waals surface area contributed by atoms with Crippen LogP contribution in [0.25, 0.3) is 0 Å². The summed E-state index contributed by atoms with van der Waals surface area (Å²) in [4.78, 5) is 19.8. The van der Waals surface area contributed by atoms with E-state index < -0.39 is 0 Å². The molecule has 5 heteroatoms. The number of hydrogen-bond acceptors (Lipinski definition) is 3. The summed E-state index contributed by atoms with van der Waals surface area (Å²) in [6, 6.07) is 12.3. The fourth-order valence-electron chi connectivity index (χ4n) is 3.02. The van der Waals surface area contributed by atoms with Gasteiger partial charge < -0.3 is 4.98 Å². The van der Waals surface area contributed by atoms with Gasteiger partial charge in [-0.3, -0.25) is 14.7 Å². The number of piperidine rings is 1. The summed E-state index contributed by atoms with van der Waals surface area (Å²) >= 11 is 5.10. The number of benzene rings is 1. The molecule has 0 bridgehead atoms. The first kappa shape index (κ1) is 14.2. The minimum absolute atomic E-state index is 0.126. The van der Waals surface area contributed by atoms with Gasteiger partial charge >= 0.3 is 0 Å². The van der Waals surface area contributed by atoms with E-state index in [9.17, 15) is 4.79 Å². The zero-order valence-corrected chi connectivity index (χ0v) is 12.7. The molecule has 2 aromatic rings. The van der Waals surface area contributed by atoms with Crippen LogP contribution in [0, 0.1) is 4.77 Å². The van der Waals surface area contributed by atoms with Crippen LogP contribution >= 0.6 is 12.2 Å². The molecule has 2 heterocycles. The van der Waals surface area contributed by atoms with Gasteiger partial charge in [-0.05, 0) is 37.2 Å². The number of H-pyrrole nitrogens is 2. The van der Waals surface area contributed by atoms with Crippen LogP contribution in [0.15, 0.2) is 41.2 Å². The molecule has 1 aliphatic heterocycles. The van der Waals surface area contributed by atoms with Gasteiger partial charge in [0.2, 0.25) is 0 Å². The van der Waals surface area contributed by atoms with Crippen LogP contribution in [0.4, 0.5) is 0 Å². The summed E-state index contributed by atoms with van der Waals surface area (Å²) in [5.74, 6) is 0. The smallest absolute Gasteiger partial charge is 0.251 e. The molecular formula is C16H19N3OS. The average Bonchev–Trinajstić information content (AvgIpc) is 2.48. The Kier molecular flexibility index (Phi) is 4.31. The first-order valence-electron chi connectivity index (χ1n) is 7.34. The number of nitrogens with zero attached hydrogens (tertiary/aromatic N) is 1. The van der Waals surface area contributed by atoms with Gasteiger partial charge in [-0.2, -0.15) is 0 Å². The van der Waals surface area contributed by atoms with Crippen LogP contribution in [0.5, 0.6) is 0 Å². The van der Waals surface area contributed by atoms with E-state index in [1.54, 1.807) is 6.07 Å². The summed E-state index contributed by atoms with van der Waals surface area (Å²) in [6.07, 6.45) is 3.44. The first-order valence-corrected chi connectivity index (χ1v) is 7.75. The van der Waals surface area contributed by atoms with Gasteiger partial charge in [0.05, 0.1) is 6.04 Å². The third kappa shape index (κ3) is 3.49. The Hall–Kier alpha value is -1.72. The lowest BCUT2D eigenvalue weighted by Crippen LogP contribution is -2.34. The van der Waals surface area contributed by atoms with E-state index in [4.69, 9.17) is 12.2 Å². The molecular weight excluding hydrogens is 282 g/mol. The van der Waals surface area contributed by atoms with Gasteiger partial charge in [0.1, 0.15) is 0 Å². The van der Waals surface area contributed by atoms with E-state index in [1.807, 2.05) is 6.07 Å². The first-order chi connectivity index (χ1) is 10.2. The van der Waals surface area contributed by atoms with E-state index in [1.165, 1.54) is 18.4 Å². The molecule has 1 atom stereocenters. The van der Waals surface area contributed by atoms with Gasteiger partial charge in [0.25, 0.3) is 5.56 Å². The molecule has 0 saturated carbocycles. The zero-order chi connectivity index (χ0) is 14.7. The molecule has 3 rings (SSSR count). The van der Waals surface area contributed by atoms with Gasteiger partial charge in [-0.25, -0.2) is 0 Å². The fourth-order valence-corrected chi connectivity index (χ4v) is 3.24. The van der Waals surface area contributed by atoms with Crippen LogP contribution in [-0.4, -0.2) is 21.4 Å². The van der Waals surface area contributed by atoms with Crippen molar-refractivity contribution >= 4 is 12.2 Å². The highest BCUT2D eigenvalue weighted by Gasteiger charge is 2.24. The van der Waals surface area contributed by atoms with Crippen molar-refractivity contribution in [2.45, 2.75) is 31.8 Å². The highest BCUT2D eigenvalue weighted by atomic mass is 32.1. The zero-order valence-electron chi connectivity index (χ0n) is 11.8. The van der Waals surface area contributed by atoms with Crippen molar-refractivity contribution in [3.05, 3.63) is 62.8 Å². The fraction of sp³-hybridized carbons (Fsp3) is 0.375. The molecule has 1 unspecified atom stereocenters. The third-order valence-electron chi connectivity index (χ3n) is 3.98. The molecule has 1 fully saturated rings. The Balaban J connectivity index is 1.87. The van der Waals surface area contributed by atoms with Crippen molar-refractivity contribution < 1.29 is 0 Å². The monoisotopic (exact) mass is 301 g/mol. The van der Waals surface area contributed by atoms with Crippen molar-refractivity contribution in [2.24, 2.45) is 0 Å². The topological polar surface area (TPSA) is 51.9 Å². The lowest BCUT2D eigenvalue weighted by Gasteiger charge is -2.35. The Morgan fingerprint density at radius 1 is 1.19 bits per heavy atom. The lowest BCUT2D eigenvalue weighted by molar-refractivity contribution is 0.137. The second-order valence-corrected chi connectivity index (χ2v) is 5.92. The van der Waals surface area contributed by atoms with Crippen molar-refractivity contribution in [2.75, 3.05) is 6.54 Å². The maximum Gasteiger partial charge on any atom is 0.251 e. The third-order valence-corrected chi connectivity index (χ3v) is 4.19. The van der Waals surface area contributed by atoms with Crippen molar-refractivity contribution in [1.82, 2.24) is 14.9 Å². The average molecular weight is 301 g/mol. The molecule has 0 radical (unpaired) electrons. The standard InChI is InChI=1S/C16H19N3OS/c20-15-10-13(17-16(21)18-15)14-8-4-5-9-19(14)11-12-6-2-1-3-7-12/h1-3,6-7,10,14H,4-5,8-9,11H2,(H2,17,18,20,21). The summed E-state index contributed by atoms with van der Waals surface area (Å²) in [5.41, 5.74) is 2.10. The van der Waals surface area contributed by atoms with Gasteiger partial charge in [0, 0.05) is 18.3 Å². The molecule has 4 nitrogen and oxygen atoms in total. The predicted molar refractivity (Wildman–Crippen MR) is 85.7 cm³/mol. The number of hydrogen-bond donors (Lipinski definition) is 2. The number of aromatic amines is 2. The molecule has 21 heavy (non-hydrogen) atoms. The molecule has 0 spiro atoms. The highest BCUT2D eigenvalue weighted by molar-refractivity contribution is 7.71. The van der Waals surface area contributed by atoms with E-state index in [2.05, 4.69) is 39.1 Å². The second kappa shape index (κ2) is 6.37. The van der Waals surface area contributed by atoms with Gasteiger partial charge in [-0.1, -0.05) is 36.8 Å². The highest BCUT2D eigenvalue weighted by Crippen LogP contribution is 2.30. The molecule has 0 aliphatic carbocycles. The molecule has 1 aromatic heterocycles. The minimum Gasteiger partial charge on any atom is -0.334 e. The summed E-state index contributed by atoms with van der Waals surface area (Å²) in [7, 11) is 0. The lowest BCUT2D eigenvalue weighted by atomic mass is 9.98. The van der Waals surface area contributed by atoms with Crippen molar-refractivity contribution in [3.8, 4) is 0 Å². The Morgan fingerprint density at radius 2 is 2.00 bits per heavy atom. The van der Waals surface area contributed by atoms with Crippen LogP contribution in [0.3, 0.4) is 0 Å². The number of rotatable bonds is 3. The quantitative estimate of drug-likeness (QED) is 0.856. The molecule has 1 aromatic carbocycles. The Morgan fingerprint density at radius 3 is 2.76 bits per heavy atom. The molecule has 0 amide bonds. The van der Waals surface area contributed by atoms with Crippen molar-refractivity contribution in [1.29, 1.82) is 0 Å². The minimum atomic E-state index is -0.126. The maximum atomic E-state index is 11.7. The molecule has 2 N–H and O–H groups in total. The molecule has 1 saturated heterocycles. The summed E-state index contributed by atoms with van der Waals surface area (Å²) in [5, 5.41) is 0. The van der Waals surface area contributed by atoms with Crippen LogP contribution in [-0.2, 0) is 6.54 Å². The van der Waals surface area contributed by atoms with E-state index in [0.717, 1.165) is 25.2 Å². The summed E-state index contributed by atoms with van der Waals surface area (Å²) in [6.45, 7) is 1.95. The SMILES string of the molecule is O=c1cc(C2CCCCN2Cc2ccccc2)[nH]c(=S)[nH]1. The van der Waals surface area contributed by atoms with E-state index in [0.29, 0.717) is 4.77 Å². The van der Waals surface area contributed by atoms with E-state index >= 15 is 0 Å². The second-order valence-electron chi connectivity index (χ2n) is 5.51. The predicted octanol–water partition coefficient (Wildman–Crippen LogP) is 3.16. The Bertz CT molecular complexity index is 679. The number of likely N-dealkylation sites (tertiary alicyclic amines) is 1. The number of aromatic nitrogens is 2. The number of nitrogens with one attached hydrogen (secondary N) is 2. The normalized spacial score (nSPS) is 19.5. The van der Waals surface area contributed by atoms with Crippen LogP contribution in [0.2, 0.25) is 0 Å². The maximum absolute atomic E-state index is 11.7. The van der Waals surface area contributed by atoms with Gasteiger partial charge in [-0.15, -0.1) is 0 Å². The van der Waals surface area contributed by atoms with Crippen molar-refractivity contribution in [3.63, 3.8) is 0 Å². The molecule has 110 valence electrons. The molecule has 1 aliphatic rings. The Labute approximate surface area is 128 Å². The summed E-state index contributed by atoms with van der Waals surface area (Å²) < 4.78 is 0.405. The van der Waals surface area contributed by atoms with Crippen LogP contribution in [0.1, 0.15) is 36.6 Å². The van der Waals surface area contributed by atoms with E-state index in [-0.39, 0.29) is 11.6 Å². The largest absolute Gasteiger partial charge is 0.334 e. The van der Waals surface area contributed by atoms with Crippen LogP contribution < -0.4 is 5.56 Å². The van der Waals surface area contributed by atoms with Gasteiger partial charge in [0.15, 0.2) is 4.77 Å².